The van der Waals surface area contributed by atoms with Crippen molar-refractivity contribution in [3.63, 3.8) is 0 Å². The Morgan fingerprint density at radius 3 is 2.12 bits per heavy atom. The highest BCUT2D eigenvalue weighted by Crippen LogP contribution is 1.98. The first kappa shape index (κ1) is 7.95. The largest absolute Gasteiger partial charge is 0.232 e. The fraction of sp³-hybridized carbons (Fsp3) is 0.800. The zero-order valence-electron chi connectivity index (χ0n) is 4.96. The molecule has 3 heteroatoms. The van der Waals surface area contributed by atoms with Gasteiger partial charge in [-0.2, -0.15) is 0 Å². The summed E-state index contributed by atoms with van der Waals surface area (Å²) in [6.45, 7) is 5.34. The molecule has 2 nitrogen and oxygen atoms in total. The first-order valence-electron chi connectivity index (χ1n) is 2.65. The highest BCUT2D eigenvalue weighted by Gasteiger charge is 2.02. The zero-order chi connectivity index (χ0) is 6.57. The monoisotopic (exact) mass is 135 g/mol. The third kappa shape index (κ3) is 2.31. The Labute approximate surface area is 51.9 Å². The van der Waals surface area contributed by atoms with Gasteiger partial charge in [-0.3, -0.25) is 0 Å². The summed E-state index contributed by atoms with van der Waals surface area (Å²) < 4.78 is 20.3. The van der Waals surface area contributed by atoms with E-state index >= 15 is 0 Å². The topological polar surface area (TPSA) is 34.1 Å². The van der Waals surface area contributed by atoms with Gasteiger partial charge in [-0.25, -0.2) is 8.42 Å². The molecule has 0 aliphatic heterocycles. The standard InChI is InChI=1S/C5H11O2S/c1-3-5(4-2)8(6)7/h5,8H,1,3-4H2,2H3. The first-order valence-corrected chi connectivity index (χ1v) is 3.89. The maximum absolute atomic E-state index is 10.2. The summed E-state index contributed by atoms with van der Waals surface area (Å²) in [6, 6.07) is 0. The van der Waals surface area contributed by atoms with Gasteiger partial charge in [0.1, 0.15) is 10.7 Å². The van der Waals surface area contributed by atoms with Crippen molar-refractivity contribution in [1.29, 1.82) is 0 Å². The quantitative estimate of drug-likeness (QED) is 0.575. The van der Waals surface area contributed by atoms with Crippen molar-refractivity contribution in [3.05, 3.63) is 6.92 Å². The molecule has 0 saturated heterocycles. The molecule has 0 heterocycles. The van der Waals surface area contributed by atoms with Crippen LogP contribution in [0.3, 0.4) is 0 Å². The van der Waals surface area contributed by atoms with E-state index in [0.717, 1.165) is 0 Å². The molecule has 1 unspecified atom stereocenters. The van der Waals surface area contributed by atoms with Crippen LogP contribution in [0.2, 0.25) is 0 Å². The van der Waals surface area contributed by atoms with Crippen LogP contribution in [-0.4, -0.2) is 13.7 Å². The van der Waals surface area contributed by atoms with Crippen molar-refractivity contribution in [2.45, 2.75) is 25.0 Å². The van der Waals surface area contributed by atoms with Crippen molar-refractivity contribution >= 4 is 10.7 Å². The fourth-order valence-corrected chi connectivity index (χ4v) is 0.968. The van der Waals surface area contributed by atoms with Crippen LogP contribution in [0.25, 0.3) is 0 Å². The van der Waals surface area contributed by atoms with E-state index in [9.17, 15) is 8.42 Å². The van der Waals surface area contributed by atoms with E-state index in [1.807, 2.05) is 6.92 Å². The van der Waals surface area contributed by atoms with Crippen LogP contribution >= 0.6 is 0 Å². The molecule has 8 heavy (non-hydrogen) atoms. The minimum absolute atomic E-state index is 0.204. The molecular formula is C5H11O2S. The van der Waals surface area contributed by atoms with Crippen molar-refractivity contribution in [1.82, 2.24) is 0 Å². The number of hydrogen-bond donors (Lipinski definition) is 1. The Balaban J connectivity index is 3.70. The summed E-state index contributed by atoms with van der Waals surface area (Å²) in [5.41, 5.74) is 0. The van der Waals surface area contributed by atoms with Crippen LogP contribution in [-0.2, 0) is 10.7 Å². The lowest BCUT2D eigenvalue weighted by Crippen LogP contribution is -2.05. The van der Waals surface area contributed by atoms with Gasteiger partial charge >= 0.3 is 0 Å². The Bertz CT molecular complexity index is 106. The van der Waals surface area contributed by atoms with Crippen molar-refractivity contribution in [2.24, 2.45) is 0 Å². The second kappa shape index (κ2) is 3.89. The molecule has 0 rings (SSSR count). The smallest absolute Gasteiger partial charge is 0.142 e. The van der Waals surface area contributed by atoms with Crippen LogP contribution in [0.1, 0.15) is 19.8 Å². The van der Waals surface area contributed by atoms with Gasteiger partial charge in [-0.05, 0) is 12.8 Å². The van der Waals surface area contributed by atoms with Crippen molar-refractivity contribution in [2.75, 3.05) is 0 Å². The lowest BCUT2D eigenvalue weighted by molar-refractivity contribution is 0.595. The highest BCUT2D eigenvalue weighted by molar-refractivity contribution is 7.73. The average Bonchev–Trinajstić information content (AvgIpc) is 1.69. The zero-order valence-corrected chi connectivity index (χ0v) is 5.86. The maximum Gasteiger partial charge on any atom is 0.142 e. The normalized spacial score (nSPS) is 11.0. The van der Waals surface area contributed by atoms with Gasteiger partial charge in [-0.15, -0.1) is 0 Å². The second-order valence-corrected chi connectivity index (χ2v) is 2.94. The molecule has 0 aromatic rings. The van der Waals surface area contributed by atoms with Crippen LogP contribution in [0.5, 0.6) is 0 Å². The van der Waals surface area contributed by atoms with E-state index in [4.69, 9.17) is 0 Å². The highest BCUT2D eigenvalue weighted by atomic mass is 32.2. The predicted molar refractivity (Wildman–Crippen MR) is 34.4 cm³/mol. The SMILES string of the molecule is [CH2]CC(CC)[SH](=O)=O. The lowest BCUT2D eigenvalue weighted by Gasteiger charge is -1.98. The summed E-state index contributed by atoms with van der Waals surface area (Å²) in [7, 11) is -2.23. The molecule has 0 spiro atoms. The maximum atomic E-state index is 10.2. The Morgan fingerprint density at radius 2 is 2.12 bits per heavy atom. The molecule has 0 bridgehead atoms. The minimum Gasteiger partial charge on any atom is -0.232 e. The number of thiol groups is 1. The van der Waals surface area contributed by atoms with Gasteiger partial charge in [0, 0.05) is 0 Å². The van der Waals surface area contributed by atoms with Crippen LogP contribution in [0.15, 0.2) is 0 Å². The molecule has 1 radical (unpaired) electrons. The van der Waals surface area contributed by atoms with Gasteiger partial charge in [0.15, 0.2) is 0 Å². The van der Waals surface area contributed by atoms with E-state index in [0.29, 0.717) is 12.8 Å². The second-order valence-electron chi connectivity index (χ2n) is 1.64. The third-order valence-corrected chi connectivity index (χ3v) is 2.32. The third-order valence-electron chi connectivity index (χ3n) is 1.10. The summed E-state index contributed by atoms with van der Waals surface area (Å²) in [5, 5.41) is -0.204. The molecule has 0 saturated carbocycles. The van der Waals surface area contributed by atoms with Gasteiger partial charge in [-0.1, -0.05) is 13.8 Å². The lowest BCUT2D eigenvalue weighted by atomic mass is 10.3. The van der Waals surface area contributed by atoms with E-state index < -0.39 is 10.7 Å². The Hall–Kier alpha value is -0.0500. The molecule has 49 valence electrons. The Kier molecular flexibility index (Phi) is 3.87. The van der Waals surface area contributed by atoms with E-state index in [2.05, 4.69) is 6.92 Å². The molecule has 0 N–H and O–H groups in total. The Morgan fingerprint density at radius 1 is 1.62 bits per heavy atom. The van der Waals surface area contributed by atoms with Crippen LogP contribution in [0.4, 0.5) is 0 Å². The van der Waals surface area contributed by atoms with Crippen molar-refractivity contribution < 1.29 is 8.42 Å². The van der Waals surface area contributed by atoms with Gasteiger partial charge in [0.2, 0.25) is 0 Å². The fourth-order valence-electron chi connectivity index (χ4n) is 0.459. The number of rotatable bonds is 3. The molecule has 0 aliphatic rings. The van der Waals surface area contributed by atoms with Gasteiger partial charge < -0.3 is 0 Å². The number of hydrogen-bond acceptors (Lipinski definition) is 2. The van der Waals surface area contributed by atoms with Crippen molar-refractivity contribution in [3.8, 4) is 0 Å². The van der Waals surface area contributed by atoms with Crippen LogP contribution < -0.4 is 0 Å². The van der Waals surface area contributed by atoms with Gasteiger partial charge in [0.25, 0.3) is 0 Å². The van der Waals surface area contributed by atoms with E-state index in [-0.39, 0.29) is 5.25 Å². The molecule has 0 amide bonds. The van der Waals surface area contributed by atoms with Gasteiger partial charge in [0.05, 0.1) is 5.25 Å². The molecule has 1 atom stereocenters. The molecule has 0 aromatic carbocycles. The molecule has 0 aromatic heterocycles. The van der Waals surface area contributed by atoms with E-state index in [1.54, 1.807) is 0 Å². The average molecular weight is 135 g/mol. The molecule has 0 fully saturated rings. The minimum atomic E-state index is -2.23. The predicted octanol–water partition coefficient (Wildman–Crippen LogP) is 0.601. The summed E-state index contributed by atoms with van der Waals surface area (Å²) >= 11 is 0. The summed E-state index contributed by atoms with van der Waals surface area (Å²) in [4.78, 5) is 0. The molecular weight excluding hydrogens is 124 g/mol. The summed E-state index contributed by atoms with van der Waals surface area (Å²) in [6.07, 6.45) is 1.18. The van der Waals surface area contributed by atoms with Crippen LogP contribution in [0, 0.1) is 6.92 Å². The van der Waals surface area contributed by atoms with E-state index in [1.165, 1.54) is 0 Å². The molecule has 0 aliphatic carbocycles. The first-order chi connectivity index (χ1) is 3.72. The summed E-state index contributed by atoms with van der Waals surface area (Å²) in [5.74, 6) is 0.